The Morgan fingerprint density at radius 2 is 1.74 bits per heavy atom. The molecule has 0 spiro atoms. The number of anilines is 1. The van der Waals surface area contributed by atoms with Crippen LogP contribution in [0.25, 0.3) is 0 Å². The molecular formula is C23H20BrCl2NO4. The Balaban J connectivity index is 1.45. The summed E-state index contributed by atoms with van der Waals surface area (Å²) in [6.45, 7) is 2.01. The van der Waals surface area contributed by atoms with Gasteiger partial charge in [-0.15, -0.1) is 0 Å². The van der Waals surface area contributed by atoms with Crippen LogP contribution in [0.4, 0.5) is 5.69 Å². The lowest BCUT2D eigenvalue weighted by molar-refractivity contribution is 0.171. The predicted molar refractivity (Wildman–Crippen MR) is 126 cm³/mol. The first-order valence-corrected chi connectivity index (χ1v) is 11.1. The van der Waals surface area contributed by atoms with Gasteiger partial charge in [0.1, 0.15) is 19.8 Å². The van der Waals surface area contributed by atoms with Gasteiger partial charge in [0.25, 0.3) is 0 Å². The zero-order valence-electron chi connectivity index (χ0n) is 16.7. The molecule has 0 amide bonds. The van der Waals surface area contributed by atoms with Gasteiger partial charge in [-0.2, -0.15) is 0 Å². The van der Waals surface area contributed by atoms with Crippen LogP contribution in [0.15, 0.2) is 53.0 Å². The Morgan fingerprint density at radius 1 is 0.935 bits per heavy atom. The normalized spacial score (nSPS) is 12.4. The molecule has 162 valence electrons. The van der Waals surface area contributed by atoms with Gasteiger partial charge in [-0.1, -0.05) is 45.2 Å². The average molecular weight is 525 g/mol. The third-order valence-corrected chi connectivity index (χ3v) is 6.08. The van der Waals surface area contributed by atoms with Gasteiger partial charge >= 0.3 is 0 Å². The molecule has 0 fully saturated rings. The van der Waals surface area contributed by atoms with Crippen molar-refractivity contribution in [2.75, 3.05) is 25.6 Å². The van der Waals surface area contributed by atoms with E-state index >= 15 is 0 Å². The fourth-order valence-corrected chi connectivity index (χ4v) is 4.06. The minimum Gasteiger partial charge on any atom is -0.493 e. The Bertz CT molecular complexity index is 1090. The Morgan fingerprint density at radius 3 is 2.52 bits per heavy atom. The van der Waals surface area contributed by atoms with E-state index in [1.165, 1.54) is 0 Å². The molecule has 1 aliphatic heterocycles. The highest BCUT2D eigenvalue weighted by Crippen LogP contribution is 2.36. The molecule has 0 unspecified atom stereocenters. The standard InChI is InChI=1S/C23H20BrCl2NO4/c1-28-21-8-15(12-27-17-4-5-20-22(10-17)30-7-6-29-20)18(24)11-23(21)31-13-14-2-3-16(25)9-19(14)26/h2-5,8-11,27H,6-7,12-13H2,1H3. The number of halogens is 3. The molecule has 0 bridgehead atoms. The van der Waals surface area contributed by atoms with Crippen molar-refractivity contribution >= 4 is 44.8 Å². The number of ether oxygens (including phenoxy) is 4. The summed E-state index contributed by atoms with van der Waals surface area (Å²) in [5.41, 5.74) is 2.80. The Kier molecular flexibility index (Phi) is 7.00. The van der Waals surface area contributed by atoms with Gasteiger partial charge in [0.15, 0.2) is 23.0 Å². The lowest BCUT2D eigenvalue weighted by atomic mass is 10.2. The van der Waals surface area contributed by atoms with Gasteiger partial charge < -0.3 is 24.3 Å². The summed E-state index contributed by atoms with van der Waals surface area (Å²) in [5.74, 6) is 2.76. The van der Waals surface area contributed by atoms with Crippen LogP contribution in [0.2, 0.25) is 10.0 Å². The summed E-state index contributed by atoms with van der Waals surface area (Å²) in [7, 11) is 1.61. The molecule has 0 saturated carbocycles. The van der Waals surface area contributed by atoms with E-state index in [0.717, 1.165) is 32.8 Å². The molecule has 0 aromatic heterocycles. The SMILES string of the molecule is COc1cc(CNc2ccc3c(c2)OCCO3)c(Br)cc1OCc1ccc(Cl)cc1Cl. The third-order valence-electron chi connectivity index (χ3n) is 4.76. The van der Waals surface area contributed by atoms with Crippen LogP contribution >= 0.6 is 39.1 Å². The molecule has 3 aromatic rings. The van der Waals surface area contributed by atoms with Gasteiger partial charge in [0.05, 0.1) is 7.11 Å². The first-order valence-electron chi connectivity index (χ1n) is 9.60. The number of benzene rings is 3. The zero-order chi connectivity index (χ0) is 21.8. The second-order valence-electron chi connectivity index (χ2n) is 6.83. The lowest BCUT2D eigenvalue weighted by Crippen LogP contribution is -2.15. The van der Waals surface area contributed by atoms with E-state index in [0.29, 0.717) is 47.9 Å². The fraction of sp³-hybridized carbons (Fsp3) is 0.217. The molecule has 0 atom stereocenters. The highest BCUT2D eigenvalue weighted by molar-refractivity contribution is 9.10. The first-order chi connectivity index (χ1) is 15.0. The van der Waals surface area contributed by atoms with Gasteiger partial charge in [-0.3, -0.25) is 0 Å². The summed E-state index contributed by atoms with van der Waals surface area (Å²) in [4.78, 5) is 0. The van der Waals surface area contributed by atoms with Gasteiger partial charge in [0.2, 0.25) is 0 Å². The number of rotatable bonds is 7. The minimum absolute atomic E-state index is 0.299. The Hall–Kier alpha value is -2.28. The van der Waals surface area contributed by atoms with Crippen LogP contribution in [0.3, 0.4) is 0 Å². The average Bonchev–Trinajstić information content (AvgIpc) is 2.77. The van der Waals surface area contributed by atoms with Crippen molar-refractivity contribution in [2.24, 2.45) is 0 Å². The smallest absolute Gasteiger partial charge is 0.163 e. The van der Waals surface area contributed by atoms with Gasteiger partial charge in [-0.05, 0) is 42.0 Å². The number of fused-ring (bicyclic) bond motifs is 1. The summed E-state index contributed by atoms with van der Waals surface area (Å²) in [6.07, 6.45) is 0. The largest absolute Gasteiger partial charge is 0.493 e. The molecule has 8 heteroatoms. The second-order valence-corrected chi connectivity index (χ2v) is 8.53. The van der Waals surface area contributed by atoms with Crippen molar-refractivity contribution in [2.45, 2.75) is 13.2 Å². The van der Waals surface area contributed by atoms with Gasteiger partial charge in [0, 0.05) is 38.4 Å². The van der Waals surface area contributed by atoms with Crippen LogP contribution in [0.1, 0.15) is 11.1 Å². The van der Waals surface area contributed by atoms with Crippen LogP contribution in [-0.4, -0.2) is 20.3 Å². The second kappa shape index (κ2) is 9.90. The van der Waals surface area contributed by atoms with Crippen molar-refractivity contribution in [3.63, 3.8) is 0 Å². The number of methoxy groups -OCH3 is 1. The number of hydrogen-bond acceptors (Lipinski definition) is 5. The first kappa shape index (κ1) is 21.9. The predicted octanol–water partition coefficient (Wildman–Crippen LogP) is 6.73. The molecule has 1 N–H and O–H groups in total. The molecular weight excluding hydrogens is 505 g/mol. The van der Waals surface area contributed by atoms with E-state index in [9.17, 15) is 0 Å². The molecule has 5 nitrogen and oxygen atoms in total. The van der Waals surface area contributed by atoms with Crippen LogP contribution < -0.4 is 24.3 Å². The van der Waals surface area contributed by atoms with E-state index in [1.807, 2.05) is 36.4 Å². The topological polar surface area (TPSA) is 49.0 Å². The minimum atomic E-state index is 0.299. The maximum absolute atomic E-state index is 6.24. The van der Waals surface area contributed by atoms with Crippen LogP contribution in [-0.2, 0) is 13.2 Å². The van der Waals surface area contributed by atoms with Crippen molar-refractivity contribution in [1.29, 1.82) is 0 Å². The van der Waals surface area contributed by atoms with Crippen molar-refractivity contribution < 1.29 is 18.9 Å². The highest BCUT2D eigenvalue weighted by Gasteiger charge is 2.14. The Labute approximate surface area is 199 Å². The molecule has 0 saturated heterocycles. The maximum Gasteiger partial charge on any atom is 0.163 e. The van der Waals surface area contributed by atoms with E-state index in [1.54, 1.807) is 19.2 Å². The van der Waals surface area contributed by atoms with Gasteiger partial charge in [-0.25, -0.2) is 0 Å². The van der Waals surface area contributed by atoms with Crippen molar-refractivity contribution in [3.8, 4) is 23.0 Å². The van der Waals surface area contributed by atoms with E-state index < -0.39 is 0 Å². The zero-order valence-corrected chi connectivity index (χ0v) is 19.8. The van der Waals surface area contributed by atoms with E-state index in [-0.39, 0.29) is 0 Å². The molecule has 1 aliphatic rings. The quantitative estimate of drug-likeness (QED) is 0.371. The summed E-state index contributed by atoms with van der Waals surface area (Å²) in [6, 6.07) is 15.0. The summed E-state index contributed by atoms with van der Waals surface area (Å²) < 4.78 is 23.6. The fourth-order valence-electron chi connectivity index (χ4n) is 3.13. The molecule has 4 rings (SSSR count). The summed E-state index contributed by atoms with van der Waals surface area (Å²) in [5, 5.41) is 4.55. The monoisotopic (exact) mass is 523 g/mol. The maximum atomic E-state index is 6.24. The van der Waals surface area contributed by atoms with Crippen LogP contribution in [0, 0.1) is 0 Å². The lowest BCUT2D eigenvalue weighted by Gasteiger charge is -2.19. The van der Waals surface area contributed by atoms with E-state index in [2.05, 4.69) is 21.2 Å². The molecule has 3 aromatic carbocycles. The van der Waals surface area contributed by atoms with Crippen molar-refractivity contribution in [1.82, 2.24) is 0 Å². The molecule has 0 radical (unpaired) electrons. The van der Waals surface area contributed by atoms with Crippen LogP contribution in [0.5, 0.6) is 23.0 Å². The van der Waals surface area contributed by atoms with E-state index in [4.69, 9.17) is 42.1 Å². The molecule has 1 heterocycles. The van der Waals surface area contributed by atoms with Crippen molar-refractivity contribution in [3.05, 3.63) is 74.2 Å². The molecule has 0 aliphatic carbocycles. The summed E-state index contributed by atoms with van der Waals surface area (Å²) >= 11 is 15.8. The highest BCUT2D eigenvalue weighted by atomic mass is 79.9. The molecule has 31 heavy (non-hydrogen) atoms. The third kappa shape index (κ3) is 5.32. The number of hydrogen-bond donors (Lipinski definition) is 1. The number of nitrogens with one attached hydrogen (secondary N) is 1.